The fourth-order valence-corrected chi connectivity index (χ4v) is 3.87. The molecule has 1 atom stereocenters. The molecule has 0 bridgehead atoms. The third-order valence-corrected chi connectivity index (χ3v) is 5.18. The van der Waals surface area contributed by atoms with Gasteiger partial charge in [0.25, 0.3) is 5.91 Å². The maximum absolute atomic E-state index is 12.1. The third kappa shape index (κ3) is 3.64. The quantitative estimate of drug-likeness (QED) is 0.866. The SMILES string of the molecule is Cc1nc(C)c(C(=O)OCC(=O)NC2CCCc3ccccc32)s1. The van der Waals surface area contributed by atoms with Gasteiger partial charge in [0.1, 0.15) is 4.88 Å². The van der Waals surface area contributed by atoms with Crippen LogP contribution in [0.5, 0.6) is 0 Å². The van der Waals surface area contributed by atoms with E-state index >= 15 is 0 Å². The van der Waals surface area contributed by atoms with Crippen LogP contribution in [0.2, 0.25) is 0 Å². The zero-order chi connectivity index (χ0) is 17.1. The van der Waals surface area contributed by atoms with Crippen molar-refractivity contribution in [3.63, 3.8) is 0 Å². The molecule has 1 unspecified atom stereocenters. The van der Waals surface area contributed by atoms with Crippen LogP contribution in [0, 0.1) is 13.8 Å². The molecule has 1 N–H and O–H groups in total. The molecule has 0 saturated heterocycles. The van der Waals surface area contributed by atoms with Crippen molar-refractivity contribution in [1.29, 1.82) is 0 Å². The molecule has 24 heavy (non-hydrogen) atoms. The summed E-state index contributed by atoms with van der Waals surface area (Å²) >= 11 is 1.28. The molecule has 2 aromatic rings. The summed E-state index contributed by atoms with van der Waals surface area (Å²) in [7, 11) is 0. The first-order valence-electron chi connectivity index (χ1n) is 8.03. The third-order valence-electron chi connectivity index (χ3n) is 4.13. The highest BCUT2D eigenvalue weighted by Gasteiger charge is 2.22. The summed E-state index contributed by atoms with van der Waals surface area (Å²) < 4.78 is 5.13. The fraction of sp³-hybridized carbons (Fsp3) is 0.389. The minimum atomic E-state index is -0.489. The molecule has 3 rings (SSSR count). The highest BCUT2D eigenvalue weighted by molar-refractivity contribution is 7.13. The van der Waals surface area contributed by atoms with E-state index in [4.69, 9.17) is 4.74 Å². The Hall–Kier alpha value is -2.21. The largest absolute Gasteiger partial charge is 0.451 e. The molecular weight excluding hydrogens is 324 g/mol. The first kappa shape index (κ1) is 16.6. The molecule has 1 amide bonds. The van der Waals surface area contributed by atoms with Gasteiger partial charge in [-0.25, -0.2) is 9.78 Å². The first-order valence-corrected chi connectivity index (χ1v) is 8.84. The average molecular weight is 344 g/mol. The number of nitrogens with zero attached hydrogens (tertiary/aromatic N) is 1. The standard InChI is InChI=1S/C18H20N2O3S/c1-11-17(24-12(2)19-11)18(22)23-10-16(21)20-15-9-5-7-13-6-3-4-8-14(13)15/h3-4,6,8,15H,5,7,9-10H2,1-2H3,(H,20,21). The lowest BCUT2D eigenvalue weighted by Gasteiger charge is -2.26. The highest BCUT2D eigenvalue weighted by Crippen LogP contribution is 2.29. The Morgan fingerprint density at radius 2 is 2.12 bits per heavy atom. The summed E-state index contributed by atoms with van der Waals surface area (Å²) in [5.74, 6) is -0.763. The van der Waals surface area contributed by atoms with Crippen molar-refractivity contribution in [2.24, 2.45) is 0 Å². The van der Waals surface area contributed by atoms with E-state index in [9.17, 15) is 9.59 Å². The second-order valence-corrected chi connectivity index (χ2v) is 7.14. The molecule has 126 valence electrons. The van der Waals surface area contributed by atoms with Gasteiger partial charge in [0, 0.05) is 0 Å². The van der Waals surface area contributed by atoms with Gasteiger partial charge in [-0.05, 0) is 44.2 Å². The normalized spacial score (nSPS) is 16.3. The number of ether oxygens (including phenoxy) is 1. The van der Waals surface area contributed by atoms with E-state index in [1.54, 1.807) is 6.92 Å². The number of esters is 1. The number of rotatable bonds is 4. The van der Waals surface area contributed by atoms with Gasteiger partial charge in [0.2, 0.25) is 0 Å². The zero-order valence-corrected chi connectivity index (χ0v) is 14.6. The number of aryl methyl sites for hydroxylation is 3. The number of hydrogen-bond acceptors (Lipinski definition) is 5. The van der Waals surface area contributed by atoms with Gasteiger partial charge >= 0.3 is 5.97 Å². The Bertz CT molecular complexity index is 769. The van der Waals surface area contributed by atoms with Crippen molar-refractivity contribution in [2.45, 2.75) is 39.2 Å². The van der Waals surface area contributed by atoms with E-state index in [2.05, 4.69) is 22.4 Å². The van der Waals surface area contributed by atoms with Gasteiger partial charge < -0.3 is 10.1 Å². The summed E-state index contributed by atoms with van der Waals surface area (Å²) in [4.78, 5) is 28.8. The van der Waals surface area contributed by atoms with E-state index in [0.29, 0.717) is 10.6 Å². The minimum absolute atomic E-state index is 0.00598. The van der Waals surface area contributed by atoms with Crippen molar-refractivity contribution in [1.82, 2.24) is 10.3 Å². The average Bonchev–Trinajstić information content (AvgIpc) is 2.91. The molecule has 1 aliphatic rings. The van der Waals surface area contributed by atoms with Crippen LogP contribution in [0.3, 0.4) is 0 Å². The number of amides is 1. The van der Waals surface area contributed by atoms with Gasteiger partial charge in [0.15, 0.2) is 6.61 Å². The molecule has 0 fully saturated rings. The molecule has 1 aromatic heterocycles. The number of benzene rings is 1. The molecule has 1 aromatic carbocycles. The summed E-state index contributed by atoms with van der Waals surface area (Å²) in [5, 5.41) is 3.78. The van der Waals surface area contributed by atoms with Crippen LogP contribution >= 0.6 is 11.3 Å². The highest BCUT2D eigenvalue weighted by atomic mass is 32.1. The van der Waals surface area contributed by atoms with Gasteiger partial charge in [-0.1, -0.05) is 24.3 Å². The van der Waals surface area contributed by atoms with Crippen LogP contribution < -0.4 is 5.32 Å². The predicted molar refractivity (Wildman–Crippen MR) is 92.1 cm³/mol. The van der Waals surface area contributed by atoms with Crippen LogP contribution in [0.4, 0.5) is 0 Å². The number of fused-ring (bicyclic) bond motifs is 1. The minimum Gasteiger partial charge on any atom is -0.451 e. The van der Waals surface area contributed by atoms with Crippen LogP contribution in [0.25, 0.3) is 0 Å². The summed E-state index contributed by atoms with van der Waals surface area (Å²) in [5.41, 5.74) is 3.09. The van der Waals surface area contributed by atoms with E-state index < -0.39 is 5.97 Å². The Labute approximate surface area is 145 Å². The molecule has 1 aliphatic carbocycles. The molecule has 0 saturated carbocycles. The number of thiazole rings is 1. The monoisotopic (exact) mass is 344 g/mol. The first-order chi connectivity index (χ1) is 11.5. The van der Waals surface area contributed by atoms with Crippen LogP contribution in [0.15, 0.2) is 24.3 Å². The molecule has 6 heteroatoms. The second kappa shape index (κ2) is 7.13. The van der Waals surface area contributed by atoms with Crippen molar-refractivity contribution in [3.05, 3.63) is 51.0 Å². The van der Waals surface area contributed by atoms with E-state index in [0.717, 1.165) is 29.8 Å². The van der Waals surface area contributed by atoms with Crippen molar-refractivity contribution in [2.75, 3.05) is 6.61 Å². The van der Waals surface area contributed by atoms with Gasteiger partial charge in [-0.15, -0.1) is 11.3 Å². The van der Waals surface area contributed by atoms with E-state index in [1.165, 1.54) is 16.9 Å². The Balaban J connectivity index is 1.57. The van der Waals surface area contributed by atoms with Crippen LogP contribution in [0.1, 0.15) is 50.4 Å². The zero-order valence-electron chi connectivity index (χ0n) is 13.8. The molecule has 5 nitrogen and oxygen atoms in total. The van der Waals surface area contributed by atoms with Crippen LogP contribution in [-0.4, -0.2) is 23.5 Å². The Morgan fingerprint density at radius 3 is 2.88 bits per heavy atom. The van der Waals surface area contributed by atoms with Gasteiger partial charge in [-0.3, -0.25) is 4.79 Å². The second-order valence-electron chi connectivity index (χ2n) is 5.93. The number of aromatic nitrogens is 1. The summed E-state index contributed by atoms with van der Waals surface area (Å²) in [6, 6.07) is 8.15. The summed E-state index contributed by atoms with van der Waals surface area (Å²) in [6.07, 6.45) is 2.99. The molecular formula is C18H20N2O3S. The topological polar surface area (TPSA) is 68.3 Å². The summed E-state index contributed by atoms with van der Waals surface area (Å²) in [6.45, 7) is 3.33. The smallest absolute Gasteiger partial charge is 0.350 e. The fourth-order valence-electron chi connectivity index (χ4n) is 3.06. The lowest BCUT2D eigenvalue weighted by atomic mass is 9.88. The number of nitrogens with one attached hydrogen (secondary N) is 1. The molecule has 0 spiro atoms. The van der Waals surface area contributed by atoms with Crippen LogP contribution in [-0.2, 0) is 16.0 Å². The predicted octanol–water partition coefficient (Wildman–Crippen LogP) is 3.11. The number of hydrogen-bond donors (Lipinski definition) is 1. The molecule has 0 radical (unpaired) electrons. The van der Waals surface area contributed by atoms with E-state index in [-0.39, 0.29) is 18.6 Å². The number of carbonyl (C=O) groups excluding carboxylic acids is 2. The van der Waals surface area contributed by atoms with Gasteiger partial charge in [-0.2, -0.15) is 0 Å². The maximum Gasteiger partial charge on any atom is 0.350 e. The van der Waals surface area contributed by atoms with Crippen molar-refractivity contribution < 1.29 is 14.3 Å². The molecule has 0 aliphatic heterocycles. The van der Waals surface area contributed by atoms with Crippen molar-refractivity contribution >= 4 is 23.2 Å². The van der Waals surface area contributed by atoms with E-state index in [1.807, 2.05) is 19.1 Å². The Kier molecular flexibility index (Phi) is 4.94. The molecule has 1 heterocycles. The number of carbonyl (C=O) groups is 2. The lowest BCUT2D eigenvalue weighted by molar-refractivity contribution is -0.125. The van der Waals surface area contributed by atoms with Gasteiger partial charge in [0.05, 0.1) is 16.7 Å². The maximum atomic E-state index is 12.1. The van der Waals surface area contributed by atoms with Crippen molar-refractivity contribution in [3.8, 4) is 0 Å². The Morgan fingerprint density at radius 1 is 1.33 bits per heavy atom. The lowest BCUT2D eigenvalue weighted by Crippen LogP contribution is -2.34.